The standard InChI is InChI=1S/C17H24N2/c1-14-10-15(2)12-19(11-14)13-17-7-5-16(6-8-17)4-3-9-18/h5-8,14-15H,9-13,18H2,1-2H3. The lowest BCUT2D eigenvalue weighted by molar-refractivity contribution is 0.134. The second-order valence-electron chi connectivity index (χ2n) is 5.84. The summed E-state index contributed by atoms with van der Waals surface area (Å²) in [4.78, 5) is 2.57. The molecular weight excluding hydrogens is 232 g/mol. The Morgan fingerprint density at radius 3 is 2.37 bits per heavy atom. The van der Waals surface area contributed by atoms with Crippen LogP contribution in [0.4, 0.5) is 0 Å². The van der Waals surface area contributed by atoms with Crippen LogP contribution < -0.4 is 5.73 Å². The highest BCUT2D eigenvalue weighted by Crippen LogP contribution is 2.22. The Balaban J connectivity index is 1.95. The summed E-state index contributed by atoms with van der Waals surface area (Å²) >= 11 is 0. The lowest BCUT2D eigenvalue weighted by atomic mass is 9.91. The predicted octanol–water partition coefficient (Wildman–Crippen LogP) is 2.47. The zero-order valence-corrected chi connectivity index (χ0v) is 12.0. The van der Waals surface area contributed by atoms with E-state index in [1.807, 2.05) is 0 Å². The molecule has 1 heterocycles. The van der Waals surface area contributed by atoms with Crippen LogP contribution >= 0.6 is 0 Å². The number of benzene rings is 1. The largest absolute Gasteiger partial charge is 0.320 e. The molecule has 1 fully saturated rings. The van der Waals surface area contributed by atoms with Crippen molar-refractivity contribution in [2.45, 2.75) is 26.8 Å². The van der Waals surface area contributed by atoms with Crippen LogP contribution in [0.25, 0.3) is 0 Å². The first-order chi connectivity index (χ1) is 9.17. The first-order valence-corrected chi connectivity index (χ1v) is 7.17. The summed E-state index contributed by atoms with van der Waals surface area (Å²) in [6.45, 7) is 8.63. The smallest absolute Gasteiger partial charge is 0.0555 e. The monoisotopic (exact) mass is 256 g/mol. The van der Waals surface area contributed by atoms with Crippen molar-refractivity contribution < 1.29 is 0 Å². The summed E-state index contributed by atoms with van der Waals surface area (Å²) < 4.78 is 0. The Kier molecular flexibility index (Phi) is 5.01. The Morgan fingerprint density at radius 1 is 1.16 bits per heavy atom. The molecule has 1 saturated heterocycles. The Labute approximate surface area is 117 Å². The number of hydrogen-bond donors (Lipinski definition) is 1. The summed E-state index contributed by atoms with van der Waals surface area (Å²) in [5.41, 5.74) is 7.80. The van der Waals surface area contributed by atoms with Gasteiger partial charge in [0.25, 0.3) is 0 Å². The van der Waals surface area contributed by atoms with Gasteiger partial charge in [0.1, 0.15) is 0 Å². The van der Waals surface area contributed by atoms with Gasteiger partial charge in [0, 0.05) is 25.2 Å². The SMILES string of the molecule is CC1CC(C)CN(Cc2ccc(C#CCN)cc2)C1. The normalized spacial score (nSPS) is 23.7. The molecule has 2 atom stereocenters. The number of likely N-dealkylation sites (tertiary alicyclic amines) is 1. The summed E-state index contributed by atoms with van der Waals surface area (Å²) in [7, 11) is 0. The summed E-state index contributed by atoms with van der Waals surface area (Å²) in [5, 5.41) is 0. The molecule has 19 heavy (non-hydrogen) atoms. The van der Waals surface area contributed by atoms with Crippen molar-refractivity contribution in [1.82, 2.24) is 4.90 Å². The minimum Gasteiger partial charge on any atom is -0.320 e. The van der Waals surface area contributed by atoms with Crippen molar-refractivity contribution in [2.75, 3.05) is 19.6 Å². The average Bonchev–Trinajstić information content (AvgIpc) is 2.37. The maximum absolute atomic E-state index is 5.38. The predicted molar refractivity (Wildman–Crippen MR) is 80.6 cm³/mol. The van der Waals surface area contributed by atoms with E-state index in [1.54, 1.807) is 0 Å². The van der Waals surface area contributed by atoms with Gasteiger partial charge in [0.15, 0.2) is 0 Å². The maximum atomic E-state index is 5.38. The fourth-order valence-corrected chi connectivity index (χ4v) is 3.03. The van der Waals surface area contributed by atoms with Crippen molar-refractivity contribution in [3.05, 3.63) is 35.4 Å². The number of hydrogen-bond acceptors (Lipinski definition) is 2. The third kappa shape index (κ3) is 4.38. The van der Waals surface area contributed by atoms with Gasteiger partial charge in [-0.15, -0.1) is 0 Å². The summed E-state index contributed by atoms with van der Waals surface area (Å²) in [5.74, 6) is 7.58. The van der Waals surface area contributed by atoms with Crippen LogP contribution in [0.1, 0.15) is 31.4 Å². The fraction of sp³-hybridized carbons (Fsp3) is 0.529. The van der Waals surface area contributed by atoms with Gasteiger partial charge in [0.2, 0.25) is 0 Å². The molecule has 0 aromatic heterocycles. The number of piperidine rings is 1. The molecule has 1 aliphatic heterocycles. The molecular formula is C17H24N2. The molecule has 2 nitrogen and oxygen atoms in total. The lowest BCUT2D eigenvalue weighted by Gasteiger charge is -2.35. The fourth-order valence-electron chi connectivity index (χ4n) is 3.03. The molecule has 2 unspecified atom stereocenters. The molecule has 102 valence electrons. The zero-order chi connectivity index (χ0) is 13.7. The molecule has 0 radical (unpaired) electrons. The van der Waals surface area contributed by atoms with Crippen molar-refractivity contribution >= 4 is 0 Å². The Hall–Kier alpha value is -1.30. The summed E-state index contributed by atoms with van der Waals surface area (Å²) in [6.07, 6.45) is 1.37. The van der Waals surface area contributed by atoms with Crippen molar-refractivity contribution in [3.63, 3.8) is 0 Å². The second-order valence-corrected chi connectivity index (χ2v) is 5.84. The molecule has 1 aromatic rings. The molecule has 1 aliphatic rings. The Bertz CT molecular complexity index is 442. The van der Waals surface area contributed by atoms with Crippen LogP contribution in [0.15, 0.2) is 24.3 Å². The van der Waals surface area contributed by atoms with Gasteiger partial charge in [-0.25, -0.2) is 0 Å². The van der Waals surface area contributed by atoms with E-state index in [-0.39, 0.29) is 0 Å². The number of nitrogens with zero attached hydrogens (tertiary/aromatic N) is 1. The van der Waals surface area contributed by atoms with E-state index in [0.717, 1.165) is 23.9 Å². The van der Waals surface area contributed by atoms with E-state index in [0.29, 0.717) is 6.54 Å². The second kappa shape index (κ2) is 6.75. The minimum atomic E-state index is 0.422. The van der Waals surface area contributed by atoms with Crippen LogP contribution in [0.3, 0.4) is 0 Å². The van der Waals surface area contributed by atoms with Crippen molar-refractivity contribution in [2.24, 2.45) is 17.6 Å². The first-order valence-electron chi connectivity index (χ1n) is 7.17. The quantitative estimate of drug-likeness (QED) is 0.824. The van der Waals surface area contributed by atoms with E-state index < -0.39 is 0 Å². The minimum absolute atomic E-state index is 0.422. The van der Waals surface area contributed by atoms with Gasteiger partial charge in [0.05, 0.1) is 6.54 Å². The molecule has 0 bridgehead atoms. The highest BCUT2D eigenvalue weighted by molar-refractivity contribution is 5.36. The molecule has 0 saturated carbocycles. The van der Waals surface area contributed by atoms with E-state index >= 15 is 0 Å². The molecule has 1 aromatic carbocycles. The first kappa shape index (κ1) is 14.1. The van der Waals surface area contributed by atoms with Gasteiger partial charge in [-0.3, -0.25) is 4.90 Å². The molecule has 2 heteroatoms. The van der Waals surface area contributed by atoms with Crippen LogP contribution in [0.2, 0.25) is 0 Å². The molecule has 0 amide bonds. The van der Waals surface area contributed by atoms with Gasteiger partial charge in [-0.2, -0.15) is 0 Å². The zero-order valence-electron chi connectivity index (χ0n) is 12.0. The maximum Gasteiger partial charge on any atom is 0.0555 e. The van der Waals surface area contributed by atoms with Crippen LogP contribution in [-0.4, -0.2) is 24.5 Å². The average molecular weight is 256 g/mol. The Morgan fingerprint density at radius 2 is 1.79 bits per heavy atom. The molecule has 2 N–H and O–H groups in total. The number of nitrogens with two attached hydrogens (primary N) is 1. The van der Waals surface area contributed by atoms with E-state index in [2.05, 4.69) is 54.9 Å². The van der Waals surface area contributed by atoms with E-state index in [9.17, 15) is 0 Å². The summed E-state index contributed by atoms with van der Waals surface area (Å²) in [6, 6.07) is 8.55. The van der Waals surface area contributed by atoms with Crippen molar-refractivity contribution in [3.8, 4) is 11.8 Å². The van der Waals surface area contributed by atoms with E-state index in [1.165, 1.54) is 25.1 Å². The molecule has 0 aliphatic carbocycles. The molecule has 2 rings (SSSR count). The topological polar surface area (TPSA) is 29.3 Å². The van der Waals surface area contributed by atoms with Crippen LogP contribution in [-0.2, 0) is 6.54 Å². The van der Waals surface area contributed by atoms with Gasteiger partial charge in [-0.1, -0.05) is 37.8 Å². The van der Waals surface area contributed by atoms with E-state index in [4.69, 9.17) is 5.73 Å². The highest BCUT2D eigenvalue weighted by Gasteiger charge is 2.21. The molecule has 0 spiro atoms. The van der Waals surface area contributed by atoms with Gasteiger partial charge < -0.3 is 5.73 Å². The third-order valence-corrected chi connectivity index (χ3v) is 3.64. The lowest BCUT2D eigenvalue weighted by Crippen LogP contribution is -2.38. The highest BCUT2D eigenvalue weighted by atomic mass is 15.1. The van der Waals surface area contributed by atoms with Crippen molar-refractivity contribution in [1.29, 1.82) is 0 Å². The third-order valence-electron chi connectivity index (χ3n) is 3.64. The van der Waals surface area contributed by atoms with Gasteiger partial charge >= 0.3 is 0 Å². The van der Waals surface area contributed by atoms with Crippen LogP contribution in [0.5, 0.6) is 0 Å². The van der Waals surface area contributed by atoms with Gasteiger partial charge in [-0.05, 0) is 36.0 Å². The number of rotatable bonds is 2. The van der Waals surface area contributed by atoms with Crippen LogP contribution in [0, 0.1) is 23.7 Å².